The number of nitrogens with one attached hydrogen (secondary N) is 2. The minimum absolute atomic E-state index is 0.583. The second-order valence-electron chi connectivity index (χ2n) is 5.74. The van der Waals surface area contributed by atoms with Crippen molar-refractivity contribution in [2.45, 2.75) is 12.4 Å². The average Bonchev–Trinajstić information content (AvgIpc) is 2.68. The van der Waals surface area contributed by atoms with Gasteiger partial charge in [-0.05, 0) is 11.1 Å². The Morgan fingerprint density at radius 3 is 2.23 bits per heavy atom. The molecule has 0 saturated heterocycles. The summed E-state index contributed by atoms with van der Waals surface area (Å²) < 4.78 is 17.7. The highest BCUT2D eigenvalue weighted by Gasteiger charge is 2.03. The summed E-state index contributed by atoms with van der Waals surface area (Å²) in [7, 11) is 0.834. The maximum absolute atomic E-state index is 12.1. The number of guanidine groups is 1. The summed E-state index contributed by atoms with van der Waals surface area (Å²) in [5, 5.41) is 6.38. The van der Waals surface area contributed by atoms with Gasteiger partial charge in [-0.3, -0.25) is 9.20 Å². The van der Waals surface area contributed by atoms with E-state index in [0.29, 0.717) is 43.8 Å². The fourth-order valence-electron chi connectivity index (χ4n) is 2.34. The van der Waals surface area contributed by atoms with Gasteiger partial charge in [0.05, 0.1) is 13.2 Å². The van der Waals surface area contributed by atoms with Crippen LogP contribution in [0.1, 0.15) is 11.1 Å². The molecule has 2 aromatic rings. The molecule has 2 aromatic carbocycles. The molecule has 0 radical (unpaired) electrons. The maximum Gasteiger partial charge on any atom is 0.191 e. The second kappa shape index (κ2) is 12.2. The van der Waals surface area contributed by atoms with Crippen LogP contribution in [0.15, 0.2) is 65.7 Å². The monoisotopic (exact) mass is 373 g/mol. The predicted octanol–water partition coefficient (Wildman–Crippen LogP) is 2.32. The Labute approximate surface area is 158 Å². The molecule has 0 bridgehead atoms. The van der Waals surface area contributed by atoms with Crippen LogP contribution < -0.4 is 10.6 Å². The van der Waals surface area contributed by atoms with Crippen LogP contribution in [0.5, 0.6) is 0 Å². The van der Waals surface area contributed by atoms with Crippen LogP contribution in [0, 0.1) is 0 Å². The molecule has 0 saturated carbocycles. The van der Waals surface area contributed by atoms with Gasteiger partial charge in [-0.15, -0.1) is 0 Å². The molecule has 0 amide bonds. The zero-order chi connectivity index (χ0) is 18.5. The number of hydrogen-bond acceptors (Lipinski definition) is 3. The summed E-state index contributed by atoms with van der Waals surface area (Å²) in [5.41, 5.74) is 2.26. The van der Waals surface area contributed by atoms with E-state index >= 15 is 0 Å². The van der Waals surface area contributed by atoms with Crippen LogP contribution in [0.25, 0.3) is 0 Å². The van der Waals surface area contributed by atoms with Crippen molar-refractivity contribution >= 4 is 16.8 Å². The number of rotatable bonds is 10. The smallest absolute Gasteiger partial charge is 0.191 e. The molecule has 0 aliphatic carbocycles. The van der Waals surface area contributed by atoms with Gasteiger partial charge in [0.1, 0.15) is 0 Å². The van der Waals surface area contributed by atoms with Crippen molar-refractivity contribution in [3.05, 3.63) is 71.8 Å². The van der Waals surface area contributed by atoms with Crippen molar-refractivity contribution in [3.63, 3.8) is 0 Å². The van der Waals surface area contributed by atoms with E-state index in [1.807, 2.05) is 60.7 Å². The first-order valence-corrected chi connectivity index (χ1v) is 10.2. The fourth-order valence-corrected chi connectivity index (χ4v) is 3.38. The molecule has 2 rings (SSSR count). The zero-order valence-electron chi connectivity index (χ0n) is 15.2. The third-order valence-corrected chi connectivity index (χ3v) is 4.98. The van der Waals surface area contributed by atoms with Crippen molar-refractivity contribution < 1.29 is 8.95 Å². The molecule has 0 aromatic heterocycles. The SMILES string of the molecule is CN=C(NCCOCc1ccccc1)NCCS(=O)Cc1ccccc1. The standard InChI is InChI=1S/C20H27N3O2S/c1-21-20(22-12-14-25-16-18-8-4-2-5-9-18)23-13-15-26(24)17-19-10-6-3-7-11-19/h2-11H,12-17H2,1H3,(H2,21,22,23). The van der Waals surface area contributed by atoms with Crippen LogP contribution >= 0.6 is 0 Å². The number of aliphatic imine (C=N–C) groups is 1. The number of nitrogens with zero attached hydrogens (tertiary/aromatic N) is 1. The van der Waals surface area contributed by atoms with Gasteiger partial charge in [0.2, 0.25) is 0 Å². The van der Waals surface area contributed by atoms with E-state index in [2.05, 4.69) is 15.6 Å². The Hall–Kier alpha value is -2.18. The fraction of sp³-hybridized carbons (Fsp3) is 0.350. The van der Waals surface area contributed by atoms with Gasteiger partial charge in [-0.2, -0.15) is 0 Å². The van der Waals surface area contributed by atoms with Crippen LogP contribution in [-0.2, 0) is 27.9 Å². The molecule has 0 aliphatic heterocycles. The summed E-state index contributed by atoms with van der Waals surface area (Å²) in [6.45, 7) is 2.48. The van der Waals surface area contributed by atoms with Gasteiger partial charge in [0.15, 0.2) is 5.96 Å². The van der Waals surface area contributed by atoms with Gasteiger partial charge >= 0.3 is 0 Å². The van der Waals surface area contributed by atoms with E-state index in [-0.39, 0.29) is 0 Å². The van der Waals surface area contributed by atoms with Crippen molar-refractivity contribution in [1.29, 1.82) is 0 Å². The number of benzene rings is 2. The van der Waals surface area contributed by atoms with E-state index in [4.69, 9.17) is 4.74 Å². The van der Waals surface area contributed by atoms with E-state index in [0.717, 1.165) is 11.1 Å². The number of ether oxygens (including phenoxy) is 1. The molecule has 0 aliphatic rings. The first-order chi connectivity index (χ1) is 12.8. The summed E-state index contributed by atoms with van der Waals surface area (Å²) in [5.74, 6) is 1.87. The lowest BCUT2D eigenvalue weighted by molar-refractivity contribution is 0.125. The lowest BCUT2D eigenvalue weighted by Crippen LogP contribution is -2.40. The zero-order valence-corrected chi connectivity index (χ0v) is 16.0. The predicted molar refractivity (Wildman–Crippen MR) is 109 cm³/mol. The molecule has 1 unspecified atom stereocenters. The first-order valence-electron chi connectivity index (χ1n) is 8.73. The summed E-state index contributed by atoms with van der Waals surface area (Å²) in [6.07, 6.45) is 0. The normalized spacial score (nSPS) is 12.6. The molecule has 1 atom stereocenters. The molecule has 140 valence electrons. The average molecular weight is 374 g/mol. The van der Waals surface area contributed by atoms with Crippen molar-refractivity contribution in [3.8, 4) is 0 Å². The van der Waals surface area contributed by atoms with Crippen molar-refractivity contribution in [1.82, 2.24) is 10.6 Å². The third kappa shape index (κ3) is 8.27. The van der Waals surface area contributed by atoms with E-state index in [1.165, 1.54) is 0 Å². The Morgan fingerprint density at radius 2 is 1.58 bits per heavy atom. The Balaban J connectivity index is 1.55. The van der Waals surface area contributed by atoms with Gasteiger partial charge in [-0.1, -0.05) is 60.7 Å². The summed E-state index contributed by atoms with van der Waals surface area (Å²) in [6, 6.07) is 20.0. The maximum atomic E-state index is 12.1. The van der Waals surface area contributed by atoms with Gasteiger partial charge < -0.3 is 15.4 Å². The van der Waals surface area contributed by atoms with Crippen molar-refractivity contribution in [2.24, 2.45) is 4.99 Å². The van der Waals surface area contributed by atoms with Gasteiger partial charge in [0, 0.05) is 42.4 Å². The molecule has 6 heteroatoms. The largest absolute Gasteiger partial charge is 0.375 e. The van der Waals surface area contributed by atoms with Crippen LogP contribution in [0.2, 0.25) is 0 Å². The summed E-state index contributed by atoms with van der Waals surface area (Å²) in [4.78, 5) is 4.16. The minimum atomic E-state index is -0.889. The molecule has 0 heterocycles. The lowest BCUT2D eigenvalue weighted by atomic mass is 10.2. The molecular formula is C20H27N3O2S. The van der Waals surface area contributed by atoms with Crippen LogP contribution in [0.3, 0.4) is 0 Å². The summed E-state index contributed by atoms with van der Waals surface area (Å²) >= 11 is 0. The highest BCUT2D eigenvalue weighted by molar-refractivity contribution is 7.84. The van der Waals surface area contributed by atoms with Crippen LogP contribution in [-0.4, -0.2) is 42.7 Å². The molecule has 0 spiro atoms. The molecule has 5 nitrogen and oxygen atoms in total. The highest BCUT2D eigenvalue weighted by Crippen LogP contribution is 2.02. The first kappa shape index (κ1) is 20.1. The molecule has 26 heavy (non-hydrogen) atoms. The third-order valence-electron chi connectivity index (χ3n) is 3.67. The quantitative estimate of drug-likeness (QED) is 0.381. The Bertz CT molecular complexity index is 678. The Kier molecular flexibility index (Phi) is 9.46. The molecule has 0 fully saturated rings. The second-order valence-corrected chi connectivity index (χ2v) is 7.31. The van der Waals surface area contributed by atoms with Crippen LogP contribution in [0.4, 0.5) is 0 Å². The minimum Gasteiger partial charge on any atom is -0.375 e. The van der Waals surface area contributed by atoms with E-state index in [1.54, 1.807) is 7.05 Å². The Morgan fingerprint density at radius 1 is 0.962 bits per heavy atom. The van der Waals surface area contributed by atoms with Gasteiger partial charge in [0.25, 0.3) is 0 Å². The highest BCUT2D eigenvalue weighted by atomic mass is 32.2. The number of hydrogen-bond donors (Lipinski definition) is 2. The van der Waals surface area contributed by atoms with Gasteiger partial charge in [-0.25, -0.2) is 0 Å². The van der Waals surface area contributed by atoms with Crippen molar-refractivity contribution in [2.75, 3.05) is 32.5 Å². The molecule has 2 N–H and O–H groups in total. The topological polar surface area (TPSA) is 62.7 Å². The van der Waals surface area contributed by atoms with E-state index in [9.17, 15) is 4.21 Å². The lowest BCUT2D eigenvalue weighted by Gasteiger charge is -2.12. The molecular weight excluding hydrogens is 346 g/mol. The van der Waals surface area contributed by atoms with E-state index < -0.39 is 10.8 Å².